The van der Waals surface area contributed by atoms with Gasteiger partial charge >= 0.3 is 0 Å². The minimum absolute atomic E-state index is 0.00941. The second kappa shape index (κ2) is 10.2. The van der Waals surface area contributed by atoms with Gasteiger partial charge in [0.15, 0.2) is 0 Å². The maximum atomic E-state index is 12.0. The summed E-state index contributed by atoms with van der Waals surface area (Å²) in [5.74, 6) is 2.73. The van der Waals surface area contributed by atoms with Gasteiger partial charge in [-0.15, -0.1) is 11.8 Å². The fraction of sp³-hybridized carbons (Fsp3) is 0.0870. The van der Waals surface area contributed by atoms with Crippen molar-refractivity contribution in [3.8, 4) is 11.5 Å². The Morgan fingerprint density at radius 1 is 0.852 bits per heavy atom. The maximum absolute atomic E-state index is 12.0. The lowest BCUT2D eigenvalue weighted by Gasteiger charge is -2.08. The lowest BCUT2D eigenvalue weighted by atomic mass is 10.2. The lowest BCUT2D eigenvalue weighted by molar-refractivity contribution is -0.113. The van der Waals surface area contributed by atoms with Crippen LogP contribution in [0.5, 0.6) is 11.5 Å². The minimum Gasteiger partial charge on any atom is -0.457 e. The van der Waals surface area contributed by atoms with Crippen LogP contribution in [-0.4, -0.2) is 17.4 Å². The predicted molar refractivity (Wildman–Crippen MR) is 114 cm³/mol. The van der Waals surface area contributed by atoms with E-state index in [-0.39, 0.29) is 5.91 Å². The molecule has 136 valence electrons. The van der Waals surface area contributed by atoms with Crippen LogP contribution in [0.3, 0.4) is 0 Å². The van der Waals surface area contributed by atoms with Crippen LogP contribution in [-0.2, 0) is 4.79 Å². The molecular formula is C23H21NO2S. The fourth-order valence-corrected chi connectivity index (χ4v) is 3.00. The molecule has 0 aliphatic carbocycles. The summed E-state index contributed by atoms with van der Waals surface area (Å²) in [6.07, 6.45) is 4.14. The van der Waals surface area contributed by atoms with Gasteiger partial charge in [-0.2, -0.15) is 0 Å². The molecule has 3 aromatic carbocycles. The van der Waals surface area contributed by atoms with Crippen LogP contribution in [0.2, 0.25) is 0 Å². The summed E-state index contributed by atoms with van der Waals surface area (Å²) in [6.45, 7) is 0. The molecule has 0 aliphatic rings. The van der Waals surface area contributed by atoms with Gasteiger partial charge in [0.05, 0.1) is 5.75 Å². The quantitative estimate of drug-likeness (QED) is 0.501. The van der Waals surface area contributed by atoms with E-state index in [0.717, 1.165) is 22.9 Å². The highest BCUT2D eigenvalue weighted by Crippen LogP contribution is 2.22. The Kier molecular flexibility index (Phi) is 7.13. The molecule has 0 fully saturated rings. The van der Waals surface area contributed by atoms with Crippen molar-refractivity contribution in [2.45, 2.75) is 0 Å². The fourth-order valence-electron chi connectivity index (χ4n) is 2.40. The smallest absolute Gasteiger partial charge is 0.234 e. The second-order valence-electron chi connectivity index (χ2n) is 5.82. The molecule has 0 spiro atoms. The largest absolute Gasteiger partial charge is 0.457 e. The summed E-state index contributed by atoms with van der Waals surface area (Å²) in [4.78, 5) is 12.0. The van der Waals surface area contributed by atoms with E-state index in [2.05, 4.69) is 29.6 Å². The highest BCUT2D eigenvalue weighted by atomic mass is 32.2. The molecule has 1 N–H and O–H groups in total. The number of anilines is 1. The number of carbonyl (C=O) groups excluding carboxylic acids is 1. The summed E-state index contributed by atoms with van der Waals surface area (Å²) in [5.41, 5.74) is 1.93. The van der Waals surface area contributed by atoms with Crippen molar-refractivity contribution in [3.05, 3.63) is 96.6 Å². The minimum atomic E-state index is -0.00941. The number of amides is 1. The highest BCUT2D eigenvalue weighted by molar-refractivity contribution is 8.00. The summed E-state index contributed by atoms with van der Waals surface area (Å²) in [5, 5.41) is 2.90. The van der Waals surface area contributed by atoms with E-state index in [4.69, 9.17) is 4.74 Å². The molecule has 3 rings (SSSR count). The van der Waals surface area contributed by atoms with Gasteiger partial charge in [0.2, 0.25) is 5.91 Å². The van der Waals surface area contributed by atoms with Crippen LogP contribution in [0.15, 0.2) is 91.0 Å². The monoisotopic (exact) mass is 375 g/mol. The van der Waals surface area contributed by atoms with E-state index in [1.54, 1.807) is 11.8 Å². The zero-order valence-electron chi connectivity index (χ0n) is 14.9. The number of hydrogen-bond donors (Lipinski definition) is 1. The first-order valence-corrected chi connectivity index (χ1v) is 9.87. The number of ether oxygens (including phenoxy) is 1. The van der Waals surface area contributed by atoms with Crippen molar-refractivity contribution >= 4 is 29.4 Å². The third-order valence-corrected chi connectivity index (χ3v) is 4.57. The van der Waals surface area contributed by atoms with E-state index >= 15 is 0 Å². The molecule has 3 aromatic rings. The molecule has 0 heterocycles. The van der Waals surface area contributed by atoms with Crippen LogP contribution in [0.1, 0.15) is 5.56 Å². The van der Waals surface area contributed by atoms with E-state index in [9.17, 15) is 4.79 Å². The molecule has 0 saturated heterocycles. The third-order valence-electron chi connectivity index (χ3n) is 3.67. The van der Waals surface area contributed by atoms with Crippen molar-refractivity contribution < 1.29 is 9.53 Å². The first-order valence-electron chi connectivity index (χ1n) is 8.72. The van der Waals surface area contributed by atoms with Crippen LogP contribution in [0, 0.1) is 0 Å². The average Bonchev–Trinajstić information content (AvgIpc) is 2.71. The molecule has 27 heavy (non-hydrogen) atoms. The molecular weight excluding hydrogens is 354 g/mol. The zero-order chi connectivity index (χ0) is 18.7. The van der Waals surface area contributed by atoms with Crippen LogP contribution < -0.4 is 10.1 Å². The van der Waals surface area contributed by atoms with Crippen LogP contribution in [0.4, 0.5) is 5.69 Å². The molecule has 1 amide bonds. The van der Waals surface area contributed by atoms with Crippen molar-refractivity contribution in [1.82, 2.24) is 0 Å². The maximum Gasteiger partial charge on any atom is 0.234 e. The van der Waals surface area contributed by atoms with Crippen LogP contribution in [0.25, 0.3) is 6.08 Å². The standard InChI is InChI=1S/C23H21NO2S/c25-23(18-27-17-7-10-19-8-3-1-4-9-19)24-20-13-15-22(16-14-20)26-21-11-5-2-6-12-21/h1-16H,17-18H2,(H,24,25)/b10-7+. The first-order chi connectivity index (χ1) is 13.3. The van der Waals surface area contributed by atoms with Crippen molar-refractivity contribution in [1.29, 1.82) is 0 Å². The molecule has 0 radical (unpaired) electrons. The van der Waals surface area contributed by atoms with E-state index in [0.29, 0.717) is 5.75 Å². The molecule has 0 aliphatic heterocycles. The Bertz CT molecular complexity index is 862. The van der Waals surface area contributed by atoms with Crippen molar-refractivity contribution in [2.75, 3.05) is 16.8 Å². The summed E-state index contributed by atoms with van der Waals surface area (Å²) >= 11 is 1.58. The number of carbonyl (C=O) groups is 1. The third kappa shape index (κ3) is 6.68. The number of benzene rings is 3. The van der Waals surface area contributed by atoms with Crippen molar-refractivity contribution in [3.63, 3.8) is 0 Å². The number of rotatable bonds is 8. The van der Waals surface area contributed by atoms with Gasteiger partial charge < -0.3 is 10.1 Å². The highest BCUT2D eigenvalue weighted by Gasteiger charge is 2.03. The summed E-state index contributed by atoms with van der Waals surface area (Å²) in [7, 11) is 0. The molecule has 0 aromatic heterocycles. The molecule has 3 nitrogen and oxygen atoms in total. The van der Waals surface area contributed by atoms with Crippen LogP contribution >= 0.6 is 11.8 Å². The Balaban J connectivity index is 1.39. The Labute approximate surface area is 164 Å². The van der Waals surface area contributed by atoms with Gasteiger partial charge in [0.25, 0.3) is 0 Å². The lowest BCUT2D eigenvalue weighted by Crippen LogP contribution is -2.14. The van der Waals surface area contributed by atoms with E-state index in [1.165, 1.54) is 5.56 Å². The molecule has 0 unspecified atom stereocenters. The van der Waals surface area contributed by atoms with Gasteiger partial charge in [0, 0.05) is 11.4 Å². The molecule has 0 saturated carbocycles. The average molecular weight is 375 g/mol. The van der Waals surface area contributed by atoms with E-state index in [1.807, 2.05) is 72.8 Å². The van der Waals surface area contributed by atoms with E-state index < -0.39 is 0 Å². The molecule has 0 atom stereocenters. The topological polar surface area (TPSA) is 38.3 Å². The first kappa shape index (κ1) is 18.8. The molecule has 4 heteroatoms. The van der Waals surface area contributed by atoms with Gasteiger partial charge in [-0.25, -0.2) is 0 Å². The number of para-hydroxylation sites is 1. The van der Waals surface area contributed by atoms with Crippen molar-refractivity contribution in [2.24, 2.45) is 0 Å². The van der Waals surface area contributed by atoms with Gasteiger partial charge in [-0.3, -0.25) is 4.79 Å². The number of thioether (sulfide) groups is 1. The predicted octanol–water partition coefficient (Wildman–Crippen LogP) is 5.86. The summed E-state index contributed by atoms with van der Waals surface area (Å²) < 4.78 is 5.74. The normalized spacial score (nSPS) is 10.7. The second-order valence-corrected chi connectivity index (χ2v) is 6.85. The summed E-state index contributed by atoms with van der Waals surface area (Å²) in [6, 6.07) is 27.1. The molecule has 0 bridgehead atoms. The Hall–Kier alpha value is -2.98. The number of nitrogens with one attached hydrogen (secondary N) is 1. The Morgan fingerprint density at radius 3 is 2.19 bits per heavy atom. The Morgan fingerprint density at radius 2 is 1.48 bits per heavy atom. The van der Waals surface area contributed by atoms with Gasteiger partial charge in [0.1, 0.15) is 11.5 Å². The zero-order valence-corrected chi connectivity index (χ0v) is 15.7. The van der Waals surface area contributed by atoms with Gasteiger partial charge in [-0.05, 0) is 42.0 Å². The SMILES string of the molecule is O=C(CSC/C=C/c1ccccc1)Nc1ccc(Oc2ccccc2)cc1. The van der Waals surface area contributed by atoms with Gasteiger partial charge in [-0.1, -0.05) is 60.7 Å². The number of hydrogen-bond acceptors (Lipinski definition) is 3.